The molecule has 5 nitrogen and oxygen atoms in total. The molecule has 24 heavy (non-hydrogen) atoms. The van der Waals surface area contributed by atoms with Gasteiger partial charge in [-0.3, -0.25) is 9.59 Å². The highest BCUT2D eigenvalue weighted by atomic mass is 16.5. The van der Waals surface area contributed by atoms with Crippen molar-refractivity contribution in [1.82, 2.24) is 5.32 Å². The summed E-state index contributed by atoms with van der Waals surface area (Å²) in [6.45, 7) is 4.35. The summed E-state index contributed by atoms with van der Waals surface area (Å²) in [6, 6.07) is 12.9. The van der Waals surface area contributed by atoms with Gasteiger partial charge in [0.2, 0.25) is 0 Å². The molecule has 3 rings (SSSR count). The number of hydrogen-bond donors (Lipinski definition) is 2. The summed E-state index contributed by atoms with van der Waals surface area (Å²) in [4.78, 5) is 24.2. The number of nitrogens with one attached hydrogen (secondary N) is 2. The van der Waals surface area contributed by atoms with Crippen molar-refractivity contribution in [2.75, 3.05) is 11.9 Å². The smallest absolute Gasteiger partial charge is 0.265 e. The van der Waals surface area contributed by atoms with Crippen molar-refractivity contribution < 1.29 is 14.3 Å². The molecule has 0 radical (unpaired) electrons. The number of fused-ring (bicyclic) bond motifs is 1. The quantitative estimate of drug-likeness (QED) is 0.909. The van der Waals surface area contributed by atoms with E-state index in [0.717, 1.165) is 11.1 Å². The third-order valence-electron chi connectivity index (χ3n) is 4.17. The lowest BCUT2D eigenvalue weighted by atomic mass is 10.1. The van der Waals surface area contributed by atoms with E-state index in [1.54, 1.807) is 12.1 Å². The van der Waals surface area contributed by atoms with E-state index in [2.05, 4.69) is 10.6 Å². The van der Waals surface area contributed by atoms with Crippen LogP contribution < -0.4 is 15.4 Å². The first-order valence-electron chi connectivity index (χ1n) is 7.96. The third kappa shape index (κ3) is 3.40. The molecule has 0 aliphatic carbocycles. The average Bonchev–Trinajstić information content (AvgIpc) is 2.57. The highest BCUT2D eigenvalue weighted by molar-refractivity contribution is 5.98. The molecule has 2 aromatic rings. The molecule has 1 heterocycles. The molecule has 124 valence electrons. The van der Waals surface area contributed by atoms with Crippen LogP contribution in [0, 0.1) is 13.8 Å². The number of ether oxygens (including phenoxy) is 1. The first-order chi connectivity index (χ1) is 11.5. The molecule has 1 aliphatic rings. The van der Waals surface area contributed by atoms with E-state index in [4.69, 9.17) is 4.74 Å². The molecule has 0 fully saturated rings. The summed E-state index contributed by atoms with van der Waals surface area (Å²) < 4.78 is 5.70. The Kier molecular flexibility index (Phi) is 4.51. The molecule has 0 saturated heterocycles. The Morgan fingerprint density at radius 1 is 1.17 bits per heavy atom. The molecule has 2 N–H and O–H groups in total. The standard InChI is InChI=1S/C19H20N2O3/c1-12-7-8-14(11-13(12)2)18(22)20-10-9-17-19(23)21-15-5-3-4-6-16(15)24-17/h3-8,11,17H,9-10H2,1-2H3,(H,20,22)(H,21,23). The molecule has 1 aliphatic heterocycles. The minimum atomic E-state index is -0.597. The van der Waals surface area contributed by atoms with Gasteiger partial charge in [-0.2, -0.15) is 0 Å². The van der Waals surface area contributed by atoms with Crippen molar-refractivity contribution in [3.8, 4) is 5.75 Å². The van der Waals surface area contributed by atoms with Crippen LogP contribution in [0.15, 0.2) is 42.5 Å². The average molecular weight is 324 g/mol. The Bertz CT molecular complexity index is 786. The molecular formula is C19H20N2O3. The summed E-state index contributed by atoms with van der Waals surface area (Å²) in [5.41, 5.74) is 3.53. The zero-order valence-electron chi connectivity index (χ0n) is 13.8. The Balaban J connectivity index is 1.55. The fourth-order valence-electron chi connectivity index (χ4n) is 2.58. The van der Waals surface area contributed by atoms with E-state index >= 15 is 0 Å². The SMILES string of the molecule is Cc1ccc(C(=O)NCCC2Oc3ccccc3NC2=O)cc1C. The normalized spacial score (nSPS) is 15.9. The van der Waals surface area contributed by atoms with Crippen LogP contribution in [0.1, 0.15) is 27.9 Å². The topological polar surface area (TPSA) is 67.4 Å². The van der Waals surface area contributed by atoms with Gasteiger partial charge in [-0.05, 0) is 49.2 Å². The highest BCUT2D eigenvalue weighted by Crippen LogP contribution is 2.29. The van der Waals surface area contributed by atoms with E-state index in [1.807, 2.05) is 44.2 Å². The monoisotopic (exact) mass is 324 g/mol. The molecule has 2 amide bonds. The second-order valence-corrected chi connectivity index (χ2v) is 5.94. The number of carbonyl (C=O) groups excluding carboxylic acids is 2. The van der Waals surface area contributed by atoms with Crippen molar-refractivity contribution >= 4 is 17.5 Å². The molecule has 0 spiro atoms. The second kappa shape index (κ2) is 6.74. The summed E-state index contributed by atoms with van der Waals surface area (Å²) in [7, 11) is 0. The second-order valence-electron chi connectivity index (χ2n) is 5.94. The number of aryl methyl sites for hydroxylation is 2. The van der Waals surface area contributed by atoms with Crippen LogP contribution >= 0.6 is 0 Å². The minimum absolute atomic E-state index is 0.144. The van der Waals surface area contributed by atoms with Gasteiger partial charge < -0.3 is 15.4 Å². The number of carbonyl (C=O) groups is 2. The predicted molar refractivity (Wildman–Crippen MR) is 92.4 cm³/mol. The lowest BCUT2D eigenvalue weighted by molar-refractivity contribution is -0.123. The van der Waals surface area contributed by atoms with Gasteiger partial charge in [0.25, 0.3) is 11.8 Å². The van der Waals surface area contributed by atoms with Crippen LogP contribution in [0.5, 0.6) is 5.75 Å². The molecule has 5 heteroatoms. The molecular weight excluding hydrogens is 304 g/mol. The maximum absolute atomic E-state index is 12.2. The fraction of sp³-hybridized carbons (Fsp3) is 0.263. The van der Waals surface area contributed by atoms with Gasteiger partial charge in [-0.25, -0.2) is 0 Å². The van der Waals surface area contributed by atoms with Crippen LogP contribution in [0.4, 0.5) is 5.69 Å². The number of hydrogen-bond acceptors (Lipinski definition) is 3. The van der Waals surface area contributed by atoms with E-state index < -0.39 is 6.10 Å². The van der Waals surface area contributed by atoms with Gasteiger partial charge in [0.05, 0.1) is 5.69 Å². The Morgan fingerprint density at radius 3 is 2.75 bits per heavy atom. The van der Waals surface area contributed by atoms with Crippen LogP contribution in [0.25, 0.3) is 0 Å². The zero-order valence-corrected chi connectivity index (χ0v) is 13.8. The third-order valence-corrected chi connectivity index (χ3v) is 4.17. The van der Waals surface area contributed by atoms with Gasteiger partial charge in [-0.1, -0.05) is 18.2 Å². The van der Waals surface area contributed by atoms with E-state index in [9.17, 15) is 9.59 Å². The van der Waals surface area contributed by atoms with E-state index in [0.29, 0.717) is 30.0 Å². The van der Waals surface area contributed by atoms with Crippen LogP contribution in [0.3, 0.4) is 0 Å². The summed E-state index contributed by atoms with van der Waals surface area (Å²) >= 11 is 0. The van der Waals surface area contributed by atoms with Crippen molar-refractivity contribution in [3.05, 3.63) is 59.2 Å². The molecule has 0 aromatic heterocycles. The van der Waals surface area contributed by atoms with Gasteiger partial charge >= 0.3 is 0 Å². The fourth-order valence-corrected chi connectivity index (χ4v) is 2.58. The Labute approximate surface area is 141 Å². The largest absolute Gasteiger partial charge is 0.478 e. The molecule has 0 saturated carbocycles. The number of para-hydroxylation sites is 2. The van der Waals surface area contributed by atoms with Gasteiger partial charge in [-0.15, -0.1) is 0 Å². The number of benzene rings is 2. The maximum atomic E-state index is 12.2. The van der Waals surface area contributed by atoms with Crippen molar-refractivity contribution in [1.29, 1.82) is 0 Å². The lowest BCUT2D eigenvalue weighted by Crippen LogP contribution is -2.39. The predicted octanol–water partition coefficient (Wildman–Crippen LogP) is 2.82. The summed E-state index contributed by atoms with van der Waals surface area (Å²) in [6.07, 6.45) is -0.184. The van der Waals surface area contributed by atoms with E-state index in [-0.39, 0.29) is 11.8 Å². The van der Waals surface area contributed by atoms with Gasteiger partial charge in [0.1, 0.15) is 5.75 Å². The first-order valence-corrected chi connectivity index (χ1v) is 7.96. The van der Waals surface area contributed by atoms with E-state index in [1.165, 1.54) is 0 Å². The molecule has 1 unspecified atom stereocenters. The maximum Gasteiger partial charge on any atom is 0.265 e. The molecule has 0 bridgehead atoms. The summed E-state index contributed by atoms with van der Waals surface area (Å²) in [5.74, 6) is 0.325. The van der Waals surface area contributed by atoms with Crippen molar-refractivity contribution in [3.63, 3.8) is 0 Å². The van der Waals surface area contributed by atoms with Crippen molar-refractivity contribution in [2.24, 2.45) is 0 Å². The Hall–Kier alpha value is -2.82. The lowest BCUT2D eigenvalue weighted by Gasteiger charge is -2.25. The van der Waals surface area contributed by atoms with Crippen molar-refractivity contribution in [2.45, 2.75) is 26.4 Å². The minimum Gasteiger partial charge on any atom is -0.478 e. The number of amides is 2. The zero-order chi connectivity index (χ0) is 17.1. The molecule has 2 aromatic carbocycles. The Morgan fingerprint density at radius 2 is 1.96 bits per heavy atom. The van der Waals surface area contributed by atoms with Gasteiger partial charge in [0, 0.05) is 18.5 Å². The highest BCUT2D eigenvalue weighted by Gasteiger charge is 2.27. The number of anilines is 1. The number of rotatable bonds is 4. The molecule has 1 atom stereocenters. The van der Waals surface area contributed by atoms with Gasteiger partial charge in [0.15, 0.2) is 6.10 Å². The van der Waals surface area contributed by atoms with Crippen LogP contribution in [0.2, 0.25) is 0 Å². The first kappa shape index (κ1) is 16.1. The van der Waals surface area contributed by atoms with Crippen LogP contribution in [-0.2, 0) is 4.79 Å². The summed E-state index contributed by atoms with van der Waals surface area (Å²) in [5, 5.41) is 5.66. The van der Waals surface area contributed by atoms with Crippen LogP contribution in [-0.4, -0.2) is 24.5 Å².